The molecule has 0 bridgehead atoms. The van der Waals surface area contributed by atoms with E-state index in [9.17, 15) is 9.59 Å². The molecule has 0 saturated carbocycles. The third kappa shape index (κ3) is 3.20. The Kier molecular flexibility index (Phi) is 4.32. The first-order valence-corrected chi connectivity index (χ1v) is 6.75. The van der Waals surface area contributed by atoms with E-state index in [2.05, 4.69) is 19.2 Å². The first-order valence-electron chi connectivity index (χ1n) is 6.75. The SMILES string of the molecule is CC(C)CCNC1CC(=O)N(c2ccccc2)C1=O. The normalized spacial score (nSPS) is 19.5. The van der Waals surface area contributed by atoms with Crippen molar-refractivity contribution in [3.63, 3.8) is 0 Å². The molecule has 1 aliphatic heterocycles. The van der Waals surface area contributed by atoms with Crippen molar-refractivity contribution in [1.29, 1.82) is 0 Å². The number of anilines is 1. The van der Waals surface area contributed by atoms with E-state index in [1.54, 1.807) is 12.1 Å². The van der Waals surface area contributed by atoms with E-state index >= 15 is 0 Å². The highest BCUT2D eigenvalue weighted by molar-refractivity contribution is 6.22. The van der Waals surface area contributed by atoms with Crippen LogP contribution in [0.3, 0.4) is 0 Å². The van der Waals surface area contributed by atoms with Crippen LogP contribution in [0.2, 0.25) is 0 Å². The molecular weight excluding hydrogens is 240 g/mol. The molecule has 0 spiro atoms. The Hall–Kier alpha value is -1.68. The standard InChI is InChI=1S/C15H20N2O2/c1-11(2)8-9-16-13-10-14(18)17(15(13)19)12-6-4-3-5-7-12/h3-7,11,13,16H,8-10H2,1-2H3. The highest BCUT2D eigenvalue weighted by Gasteiger charge is 2.38. The number of hydrogen-bond donors (Lipinski definition) is 1. The molecular formula is C15H20N2O2. The summed E-state index contributed by atoms with van der Waals surface area (Å²) in [5.41, 5.74) is 0.658. The van der Waals surface area contributed by atoms with E-state index in [-0.39, 0.29) is 24.3 Å². The summed E-state index contributed by atoms with van der Waals surface area (Å²) in [4.78, 5) is 25.5. The molecule has 1 aliphatic rings. The Balaban J connectivity index is 2.01. The van der Waals surface area contributed by atoms with Crippen LogP contribution in [0.5, 0.6) is 0 Å². The zero-order chi connectivity index (χ0) is 13.8. The summed E-state index contributed by atoms with van der Waals surface area (Å²) in [5, 5.41) is 3.18. The van der Waals surface area contributed by atoms with Crippen LogP contribution in [0.15, 0.2) is 30.3 Å². The van der Waals surface area contributed by atoms with Crippen molar-refractivity contribution in [2.45, 2.75) is 32.7 Å². The molecule has 1 aromatic carbocycles. The predicted octanol–water partition coefficient (Wildman–Crippen LogP) is 1.95. The van der Waals surface area contributed by atoms with E-state index in [0.29, 0.717) is 11.6 Å². The van der Waals surface area contributed by atoms with Crippen molar-refractivity contribution >= 4 is 17.5 Å². The fourth-order valence-electron chi connectivity index (χ4n) is 2.19. The number of para-hydroxylation sites is 1. The summed E-state index contributed by atoms with van der Waals surface area (Å²) in [6.45, 7) is 5.04. The molecule has 1 N–H and O–H groups in total. The molecule has 4 heteroatoms. The van der Waals surface area contributed by atoms with Crippen molar-refractivity contribution in [3.05, 3.63) is 30.3 Å². The molecule has 1 atom stereocenters. The fourth-order valence-corrected chi connectivity index (χ4v) is 2.19. The molecule has 1 heterocycles. The van der Waals surface area contributed by atoms with Crippen LogP contribution in [0.1, 0.15) is 26.7 Å². The molecule has 4 nitrogen and oxygen atoms in total. The third-order valence-corrected chi connectivity index (χ3v) is 3.27. The molecule has 0 aromatic heterocycles. The van der Waals surface area contributed by atoms with Crippen LogP contribution in [0.4, 0.5) is 5.69 Å². The smallest absolute Gasteiger partial charge is 0.251 e. The van der Waals surface area contributed by atoms with Gasteiger partial charge in [0.2, 0.25) is 5.91 Å². The number of hydrogen-bond acceptors (Lipinski definition) is 3. The lowest BCUT2D eigenvalue weighted by atomic mass is 10.1. The first kappa shape index (κ1) is 13.7. The van der Waals surface area contributed by atoms with Gasteiger partial charge in [0, 0.05) is 0 Å². The maximum atomic E-state index is 12.2. The molecule has 102 valence electrons. The summed E-state index contributed by atoms with van der Waals surface area (Å²) >= 11 is 0. The highest BCUT2D eigenvalue weighted by Crippen LogP contribution is 2.22. The Morgan fingerprint density at radius 2 is 1.95 bits per heavy atom. The molecule has 1 unspecified atom stereocenters. The molecule has 1 aromatic rings. The Bertz CT molecular complexity index is 456. The lowest BCUT2D eigenvalue weighted by molar-refractivity contribution is -0.121. The number of rotatable bonds is 5. The van der Waals surface area contributed by atoms with E-state index in [1.165, 1.54) is 4.90 Å². The molecule has 1 saturated heterocycles. The van der Waals surface area contributed by atoms with Crippen molar-refractivity contribution < 1.29 is 9.59 Å². The van der Waals surface area contributed by atoms with E-state index in [4.69, 9.17) is 0 Å². The average molecular weight is 260 g/mol. The largest absolute Gasteiger partial charge is 0.305 e. The van der Waals surface area contributed by atoms with Gasteiger partial charge in [-0.1, -0.05) is 32.0 Å². The van der Waals surface area contributed by atoms with E-state index in [1.807, 2.05) is 18.2 Å². The van der Waals surface area contributed by atoms with Crippen molar-refractivity contribution in [3.8, 4) is 0 Å². The van der Waals surface area contributed by atoms with Gasteiger partial charge in [0.05, 0.1) is 18.2 Å². The number of benzene rings is 1. The Morgan fingerprint density at radius 1 is 1.26 bits per heavy atom. The summed E-state index contributed by atoms with van der Waals surface area (Å²) < 4.78 is 0. The van der Waals surface area contributed by atoms with Crippen LogP contribution in [0, 0.1) is 5.92 Å². The van der Waals surface area contributed by atoms with Gasteiger partial charge < -0.3 is 5.32 Å². The highest BCUT2D eigenvalue weighted by atomic mass is 16.2. The lowest BCUT2D eigenvalue weighted by Gasteiger charge is -2.15. The minimum Gasteiger partial charge on any atom is -0.305 e. The van der Waals surface area contributed by atoms with Gasteiger partial charge in [-0.3, -0.25) is 9.59 Å². The molecule has 0 radical (unpaired) electrons. The zero-order valence-corrected chi connectivity index (χ0v) is 11.4. The fraction of sp³-hybridized carbons (Fsp3) is 0.467. The second-order valence-corrected chi connectivity index (χ2v) is 5.30. The maximum Gasteiger partial charge on any atom is 0.251 e. The van der Waals surface area contributed by atoms with Crippen molar-refractivity contribution in [2.24, 2.45) is 5.92 Å². The van der Waals surface area contributed by atoms with Crippen molar-refractivity contribution in [1.82, 2.24) is 5.32 Å². The van der Waals surface area contributed by atoms with Gasteiger partial charge >= 0.3 is 0 Å². The molecule has 1 fully saturated rings. The number of nitrogens with one attached hydrogen (secondary N) is 1. The van der Waals surface area contributed by atoms with Gasteiger partial charge in [0.15, 0.2) is 0 Å². The second-order valence-electron chi connectivity index (χ2n) is 5.30. The van der Waals surface area contributed by atoms with Crippen LogP contribution in [-0.4, -0.2) is 24.4 Å². The molecule has 19 heavy (non-hydrogen) atoms. The number of nitrogens with zero attached hydrogens (tertiary/aromatic N) is 1. The average Bonchev–Trinajstić information content (AvgIpc) is 2.65. The first-order chi connectivity index (χ1) is 9.09. The van der Waals surface area contributed by atoms with Gasteiger partial charge in [-0.2, -0.15) is 0 Å². The van der Waals surface area contributed by atoms with Gasteiger partial charge in [-0.25, -0.2) is 4.90 Å². The summed E-state index contributed by atoms with van der Waals surface area (Å²) in [5.74, 6) is 0.322. The Labute approximate surface area is 113 Å². The second kappa shape index (κ2) is 5.97. The monoisotopic (exact) mass is 260 g/mol. The van der Waals surface area contributed by atoms with Crippen LogP contribution in [-0.2, 0) is 9.59 Å². The zero-order valence-electron chi connectivity index (χ0n) is 11.4. The van der Waals surface area contributed by atoms with Crippen molar-refractivity contribution in [2.75, 3.05) is 11.4 Å². The third-order valence-electron chi connectivity index (χ3n) is 3.27. The minimum atomic E-state index is -0.369. The number of carbonyl (C=O) groups excluding carboxylic acids is 2. The maximum absolute atomic E-state index is 12.2. The summed E-state index contributed by atoms with van der Waals surface area (Å²) in [6, 6.07) is 8.72. The number of carbonyl (C=O) groups is 2. The van der Waals surface area contributed by atoms with Gasteiger partial charge in [0.1, 0.15) is 0 Å². The molecule has 2 amide bonds. The van der Waals surface area contributed by atoms with Gasteiger partial charge in [-0.05, 0) is 31.0 Å². The predicted molar refractivity (Wildman–Crippen MR) is 74.8 cm³/mol. The number of amides is 2. The summed E-state index contributed by atoms with van der Waals surface area (Å²) in [7, 11) is 0. The minimum absolute atomic E-state index is 0.127. The lowest BCUT2D eigenvalue weighted by Crippen LogP contribution is -2.39. The van der Waals surface area contributed by atoms with Crippen LogP contribution < -0.4 is 10.2 Å². The molecule has 0 aliphatic carbocycles. The quantitative estimate of drug-likeness (QED) is 0.823. The van der Waals surface area contributed by atoms with Crippen LogP contribution in [0.25, 0.3) is 0 Å². The van der Waals surface area contributed by atoms with E-state index < -0.39 is 0 Å². The summed E-state index contributed by atoms with van der Waals surface area (Å²) in [6.07, 6.45) is 1.26. The van der Waals surface area contributed by atoms with Gasteiger partial charge in [-0.15, -0.1) is 0 Å². The van der Waals surface area contributed by atoms with Gasteiger partial charge in [0.25, 0.3) is 5.91 Å². The van der Waals surface area contributed by atoms with Crippen LogP contribution >= 0.6 is 0 Å². The Morgan fingerprint density at radius 3 is 2.58 bits per heavy atom. The number of imide groups is 1. The molecule has 2 rings (SSSR count). The van der Waals surface area contributed by atoms with E-state index in [0.717, 1.165) is 13.0 Å². The topological polar surface area (TPSA) is 49.4 Å².